The van der Waals surface area contributed by atoms with Crippen molar-refractivity contribution in [3.05, 3.63) is 98.1 Å². The predicted molar refractivity (Wildman–Crippen MR) is 143 cm³/mol. The predicted octanol–water partition coefficient (Wildman–Crippen LogP) is 5.99. The van der Waals surface area contributed by atoms with Crippen molar-refractivity contribution in [3.8, 4) is 16.9 Å². The van der Waals surface area contributed by atoms with Gasteiger partial charge >= 0.3 is 0 Å². The SMILES string of the molecule is CNC(=O)c1c(CNS(=O)(=O)c2cccc(Cl)c2)nn(-c2ccc(Cl)cc2Cl)c1-c1ccc(Cl)cc1. The van der Waals surface area contributed by atoms with E-state index in [0.717, 1.165) is 0 Å². The maximum Gasteiger partial charge on any atom is 0.255 e. The molecule has 1 heterocycles. The molecule has 0 bridgehead atoms. The summed E-state index contributed by atoms with van der Waals surface area (Å²) in [6.07, 6.45) is 0. The second-order valence-corrected chi connectivity index (χ2v) is 11.0. The van der Waals surface area contributed by atoms with E-state index < -0.39 is 15.9 Å². The third-order valence-corrected chi connectivity index (χ3v) is 7.63. The number of carbonyl (C=O) groups excluding carboxylic acids is 1. The number of rotatable bonds is 7. The summed E-state index contributed by atoms with van der Waals surface area (Å²) in [5, 5.41) is 8.68. The third-order valence-electron chi connectivity index (χ3n) is 5.20. The number of nitrogens with zero attached hydrogens (tertiary/aromatic N) is 2. The van der Waals surface area contributed by atoms with Crippen LogP contribution >= 0.6 is 46.4 Å². The molecule has 2 N–H and O–H groups in total. The van der Waals surface area contributed by atoms with Crippen molar-refractivity contribution in [3.63, 3.8) is 0 Å². The van der Waals surface area contributed by atoms with E-state index in [-0.39, 0.29) is 32.7 Å². The van der Waals surface area contributed by atoms with Crippen LogP contribution in [0.4, 0.5) is 0 Å². The van der Waals surface area contributed by atoms with Gasteiger partial charge in [-0.2, -0.15) is 5.10 Å². The van der Waals surface area contributed by atoms with Crippen LogP contribution in [0, 0.1) is 0 Å². The van der Waals surface area contributed by atoms with Crippen LogP contribution in [0.1, 0.15) is 16.1 Å². The molecule has 0 saturated heterocycles. The first-order valence-electron chi connectivity index (χ1n) is 10.4. The minimum Gasteiger partial charge on any atom is -0.355 e. The zero-order valence-corrected chi connectivity index (χ0v) is 22.4. The van der Waals surface area contributed by atoms with Gasteiger partial charge in [0.1, 0.15) is 0 Å². The van der Waals surface area contributed by atoms with Gasteiger partial charge in [0.2, 0.25) is 10.0 Å². The molecule has 0 radical (unpaired) electrons. The molecule has 1 aromatic heterocycles. The number of aromatic nitrogens is 2. The molecule has 12 heteroatoms. The molecule has 4 aromatic rings. The Labute approximate surface area is 228 Å². The maximum atomic E-state index is 13.1. The second-order valence-electron chi connectivity index (χ2n) is 7.55. The van der Waals surface area contributed by atoms with E-state index in [1.165, 1.54) is 29.9 Å². The van der Waals surface area contributed by atoms with Gasteiger partial charge < -0.3 is 5.32 Å². The van der Waals surface area contributed by atoms with Gasteiger partial charge in [0.05, 0.1) is 39.1 Å². The molecule has 0 aliphatic rings. The van der Waals surface area contributed by atoms with Crippen molar-refractivity contribution < 1.29 is 13.2 Å². The van der Waals surface area contributed by atoms with E-state index in [1.54, 1.807) is 48.5 Å². The number of amides is 1. The molecular formula is C24H18Cl4N4O3S. The van der Waals surface area contributed by atoms with Crippen LogP contribution < -0.4 is 10.0 Å². The molecule has 0 spiro atoms. The van der Waals surface area contributed by atoms with E-state index in [2.05, 4.69) is 15.1 Å². The second kappa shape index (κ2) is 10.8. The number of halogens is 4. The normalized spacial score (nSPS) is 11.5. The molecule has 0 fully saturated rings. The lowest BCUT2D eigenvalue weighted by Crippen LogP contribution is -2.26. The summed E-state index contributed by atoms with van der Waals surface area (Å²) >= 11 is 24.6. The molecule has 0 atom stereocenters. The highest BCUT2D eigenvalue weighted by Crippen LogP contribution is 2.34. The van der Waals surface area contributed by atoms with Crippen molar-refractivity contribution in [1.29, 1.82) is 0 Å². The molecule has 4 rings (SSSR count). The molecule has 0 unspecified atom stereocenters. The van der Waals surface area contributed by atoms with Crippen LogP contribution in [0.5, 0.6) is 0 Å². The molecule has 3 aromatic carbocycles. The lowest BCUT2D eigenvalue weighted by atomic mass is 10.0. The maximum absolute atomic E-state index is 13.1. The highest BCUT2D eigenvalue weighted by atomic mass is 35.5. The quantitative estimate of drug-likeness (QED) is 0.279. The lowest BCUT2D eigenvalue weighted by Gasteiger charge is -2.11. The molecule has 36 heavy (non-hydrogen) atoms. The van der Waals surface area contributed by atoms with Gasteiger partial charge in [-0.15, -0.1) is 0 Å². The zero-order valence-electron chi connectivity index (χ0n) is 18.6. The average Bonchev–Trinajstić information content (AvgIpc) is 3.22. The number of nitrogens with one attached hydrogen (secondary N) is 2. The summed E-state index contributed by atoms with van der Waals surface area (Å²) < 4.78 is 29.8. The highest BCUT2D eigenvalue weighted by molar-refractivity contribution is 7.89. The zero-order chi connectivity index (χ0) is 26.0. The van der Waals surface area contributed by atoms with Crippen LogP contribution in [0.25, 0.3) is 16.9 Å². The standard InChI is InChI=1S/C24H18Cl4N4O3S/c1-29-24(33)22-20(13-30-36(34,35)18-4-2-3-16(26)11-18)31-32(21-10-9-17(27)12-19(21)28)23(22)14-5-7-15(25)8-6-14/h2-12,30H,13H2,1H3,(H,29,33). The first-order valence-corrected chi connectivity index (χ1v) is 13.4. The van der Waals surface area contributed by atoms with E-state index in [4.69, 9.17) is 46.4 Å². The number of sulfonamides is 1. The smallest absolute Gasteiger partial charge is 0.255 e. The minimum atomic E-state index is -3.96. The largest absolute Gasteiger partial charge is 0.355 e. The van der Waals surface area contributed by atoms with E-state index >= 15 is 0 Å². The Bertz CT molecular complexity index is 1550. The Morgan fingerprint density at radius 3 is 2.22 bits per heavy atom. The van der Waals surface area contributed by atoms with Crippen molar-refractivity contribution in [2.24, 2.45) is 0 Å². The van der Waals surface area contributed by atoms with Crippen molar-refractivity contribution >= 4 is 62.3 Å². The summed E-state index contributed by atoms with van der Waals surface area (Å²) in [5.41, 5.74) is 1.79. The molecule has 0 saturated carbocycles. The topological polar surface area (TPSA) is 93.1 Å². The Balaban J connectivity index is 1.88. The molecule has 0 aliphatic carbocycles. The van der Waals surface area contributed by atoms with Gasteiger partial charge in [-0.1, -0.05) is 64.6 Å². The Hall–Kier alpha value is -2.59. The summed E-state index contributed by atoms with van der Waals surface area (Å²) in [4.78, 5) is 13.1. The van der Waals surface area contributed by atoms with Crippen LogP contribution in [0.15, 0.2) is 71.6 Å². The van der Waals surface area contributed by atoms with E-state index in [0.29, 0.717) is 27.0 Å². The Morgan fingerprint density at radius 2 is 1.58 bits per heavy atom. The number of benzene rings is 3. The molecule has 1 amide bonds. The van der Waals surface area contributed by atoms with Crippen LogP contribution in [0.3, 0.4) is 0 Å². The molecule has 7 nitrogen and oxygen atoms in total. The molecule has 0 aliphatic heterocycles. The van der Waals surface area contributed by atoms with Crippen LogP contribution in [-0.2, 0) is 16.6 Å². The van der Waals surface area contributed by atoms with E-state index in [1.807, 2.05) is 0 Å². The van der Waals surface area contributed by atoms with Crippen LogP contribution in [-0.4, -0.2) is 31.2 Å². The van der Waals surface area contributed by atoms with Crippen molar-refractivity contribution in [2.45, 2.75) is 11.4 Å². The van der Waals surface area contributed by atoms with Gasteiger partial charge in [-0.25, -0.2) is 17.8 Å². The van der Waals surface area contributed by atoms with Gasteiger partial charge in [0, 0.05) is 27.7 Å². The fourth-order valence-electron chi connectivity index (χ4n) is 3.53. The fraction of sp³-hybridized carbons (Fsp3) is 0.0833. The summed E-state index contributed by atoms with van der Waals surface area (Å²) in [6.45, 7) is -0.281. The number of carbonyl (C=O) groups is 1. The number of hydrogen-bond donors (Lipinski definition) is 2. The monoisotopic (exact) mass is 582 g/mol. The number of hydrogen-bond acceptors (Lipinski definition) is 4. The summed E-state index contributed by atoms with van der Waals surface area (Å²) in [7, 11) is -2.49. The Morgan fingerprint density at radius 1 is 0.917 bits per heavy atom. The van der Waals surface area contributed by atoms with Gasteiger partial charge in [-0.3, -0.25) is 4.79 Å². The van der Waals surface area contributed by atoms with Crippen molar-refractivity contribution in [1.82, 2.24) is 19.8 Å². The fourth-order valence-corrected chi connectivity index (χ4v) is 5.44. The lowest BCUT2D eigenvalue weighted by molar-refractivity contribution is 0.0962. The summed E-state index contributed by atoms with van der Waals surface area (Å²) in [5.74, 6) is -0.465. The molecule has 186 valence electrons. The van der Waals surface area contributed by atoms with Gasteiger partial charge in [0.15, 0.2) is 0 Å². The third kappa shape index (κ3) is 5.54. The highest BCUT2D eigenvalue weighted by Gasteiger charge is 2.27. The van der Waals surface area contributed by atoms with E-state index in [9.17, 15) is 13.2 Å². The first kappa shape index (κ1) is 26.5. The first-order chi connectivity index (χ1) is 17.1. The Kier molecular flexibility index (Phi) is 7.94. The average molecular weight is 584 g/mol. The minimum absolute atomic E-state index is 0.0189. The van der Waals surface area contributed by atoms with Gasteiger partial charge in [-0.05, 0) is 48.5 Å². The van der Waals surface area contributed by atoms with Crippen LogP contribution in [0.2, 0.25) is 20.1 Å². The van der Waals surface area contributed by atoms with Gasteiger partial charge in [0.25, 0.3) is 5.91 Å². The van der Waals surface area contributed by atoms with Crippen molar-refractivity contribution in [2.75, 3.05) is 7.05 Å². The summed E-state index contributed by atoms with van der Waals surface area (Å²) in [6, 6.07) is 17.5. The molecular weight excluding hydrogens is 566 g/mol.